The van der Waals surface area contributed by atoms with Crippen molar-refractivity contribution < 1.29 is 13.6 Å². The van der Waals surface area contributed by atoms with Crippen LogP contribution >= 0.6 is 15.9 Å². The van der Waals surface area contributed by atoms with Gasteiger partial charge in [0.05, 0.1) is 9.86 Å². The molecule has 0 bridgehead atoms. The van der Waals surface area contributed by atoms with Gasteiger partial charge < -0.3 is 11.1 Å². The van der Waals surface area contributed by atoms with Gasteiger partial charge in [-0.1, -0.05) is 18.2 Å². The molecule has 0 radical (unpaired) electrons. The van der Waals surface area contributed by atoms with Crippen LogP contribution in [0.4, 0.5) is 14.6 Å². The SMILES string of the molecule is C[C@@H](Nc1ncnc2c1cc(Br)c(=O)n2C)c1cccc(C(F)(F)C(N)=O)c1. The van der Waals surface area contributed by atoms with E-state index in [1.807, 2.05) is 0 Å². The molecule has 0 fully saturated rings. The monoisotopic (exact) mass is 451 g/mol. The summed E-state index contributed by atoms with van der Waals surface area (Å²) >= 11 is 3.21. The molecule has 7 nitrogen and oxygen atoms in total. The molecule has 146 valence electrons. The molecule has 1 aromatic carbocycles. The molecule has 3 aromatic rings. The highest BCUT2D eigenvalue weighted by Crippen LogP contribution is 2.31. The Morgan fingerprint density at radius 1 is 1.32 bits per heavy atom. The quantitative estimate of drug-likeness (QED) is 0.620. The summed E-state index contributed by atoms with van der Waals surface area (Å²) in [5, 5.41) is 3.72. The number of rotatable bonds is 5. The molecule has 2 heterocycles. The Hall–Kier alpha value is -2.88. The summed E-state index contributed by atoms with van der Waals surface area (Å²) in [6.07, 6.45) is 1.31. The molecule has 1 atom stereocenters. The summed E-state index contributed by atoms with van der Waals surface area (Å²) in [7, 11) is 1.59. The first kappa shape index (κ1) is 19.9. The van der Waals surface area contributed by atoms with Gasteiger partial charge in [-0.05, 0) is 40.5 Å². The lowest BCUT2D eigenvalue weighted by Gasteiger charge is -2.19. The lowest BCUT2D eigenvalue weighted by molar-refractivity contribution is -0.143. The number of fused-ring (bicyclic) bond motifs is 1. The molecule has 0 unspecified atom stereocenters. The summed E-state index contributed by atoms with van der Waals surface area (Å²) < 4.78 is 29.6. The van der Waals surface area contributed by atoms with Crippen LogP contribution in [0.1, 0.15) is 24.1 Å². The minimum Gasteiger partial charge on any atom is -0.364 e. The molecule has 0 spiro atoms. The summed E-state index contributed by atoms with van der Waals surface area (Å²) in [5.41, 5.74) is 5.01. The van der Waals surface area contributed by atoms with Crippen molar-refractivity contribution in [1.29, 1.82) is 0 Å². The Morgan fingerprint density at radius 3 is 2.71 bits per heavy atom. The first-order valence-corrected chi connectivity index (χ1v) is 8.97. The van der Waals surface area contributed by atoms with E-state index >= 15 is 0 Å². The van der Waals surface area contributed by atoms with Crippen LogP contribution in [0.5, 0.6) is 0 Å². The predicted molar refractivity (Wildman–Crippen MR) is 104 cm³/mol. The van der Waals surface area contributed by atoms with E-state index in [1.165, 1.54) is 23.0 Å². The van der Waals surface area contributed by atoms with Gasteiger partial charge in [-0.2, -0.15) is 8.78 Å². The Labute approximate surface area is 166 Å². The van der Waals surface area contributed by atoms with E-state index in [0.29, 0.717) is 26.9 Å². The van der Waals surface area contributed by atoms with Gasteiger partial charge >= 0.3 is 5.92 Å². The number of pyridine rings is 1. The van der Waals surface area contributed by atoms with E-state index in [1.54, 1.807) is 26.1 Å². The van der Waals surface area contributed by atoms with E-state index < -0.39 is 23.4 Å². The number of anilines is 1. The zero-order valence-corrected chi connectivity index (χ0v) is 16.5. The van der Waals surface area contributed by atoms with Crippen molar-refractivity contribution in [1.82, 2.24) is 14.5 Å². The minimum absolute atomic E-state index is 0.244. The lowest BCUT2D eigenvalue weighted by Crippen LogP contribution is -2.33. The maximum Gasteiger partial charge on any atom is 0.349 e. The molecule has 3 N–H and O–H groups in total. The number of nitrogens with two attached hydrogens (primary N) is 1. The Morgan fingerprint density at radius 2 is 2.04 bits per heavy atom. The van der Waals surface area contributed by atoms with Crippen molar-refractivity contribution in [2.24, 2.45) is 12.8 Å². The highest BCUT2D eigenvalue weighted by Gasteiger charge is 2.39. The highest BCUT2D eigenvalue weighted by atomic mass is 79.9. The van der Waals surface area contributed by atoms with E-state index in [-0.39, 0.29) is 5.56 Å². The molecule has 1 amide bonds. The third-order valence-corrected chi connectivity index (χ3v) is 4.94. The lowest BCUT2D eigenvalue weighted by atomic mass is 10.0. The Balaban J connectivity index is 2.00. The van der Waals surface area contributed by atoms with Gasteiger partial charge in [0.25, 0.3) is 11.5 Å². The van der Waals surface area contributed by atoms with E-state index in [9.17, 15) is 18.4 Å². The predicted octanol–water partition coefficient (Wildman–Crippen LogP) is 2.84. The smallest absolute Gasteiger partial charge is 0.349 e. The number of amides is 1. The highest BCUT2D eigenvalue weighted by molar-refractivity contribution is 9.10. The van der Waals surface area contributed by atoms with Crippen LogP contribution in [0.25, 0.3) is 11.0 Å². The second kappa shape index (κ2) is 7.27. The molecular formula is C18H16BrF2N5O2. The number of benzene rings is 1. The van der Waals surface area contributed by atoms with Gasteiger partial charge in [0.15, 0.2) is 0 Å². The Kier molecular flexibility index (Phi) is 5.16. The van der Waals surface area contributed by atoms with Crippen LogP contribution in [0.3, 0.4) is 0 Å². The Bertz CT molecular complexity index is 1130. The number of aromatic nitrogens is 3. The number of halogens is 3. The van der Waals surface area contributed by atoms with Gasteiger partial charge in [0.2, 0.25) is 0 Å². The second-order valence-corrected chi connectivity index (χ2v) is 7.10. The number of nitrogens with zero attached hydrogens (tertiary/aromatic N) is 3. The van der Waals surface area contributed by atoms with E-state index in [2.05, 4.69) is 31.2 Å². The van der Waals surface area contributed by atoms with Crippen molar-refractivity contribution in [2.45, 2.75) is 18.9 Å². The maximum absolute atomic E-state index is 13.9. The van der Waals surface area contributed by atoms with Crippen LogP contribution in [0.15, 0.2) is 45.9 Å². The fraction of sp³-hybridized carbons (Fsp3) is 0.222. The van der Waals surface area contributed by atoms with Crippen molar-refractivity contribution in [2.75, 3.05) is 5.32 Å². The van der Waals surface area contributed by atoms with Crippen LogP contribution in [-0.2, 0) is 17.8 Å². The van der Waals surface area contributed by atoms with E-state index in [0.717, 1.165) is 6.07 Å². The topological polar surface area (TPSA) is 103 Å². The number of nitrogens with one attached hydrogen (secondary N) is 1. The zero-order valence-electron chi connectivity index (χ0n) is 14.9. The van der Waals surface area contributed by atoms with Crippen molar-refractivity contribution >= 4 is 38.7 Å². The van der Waals surface area contributed by atoms with Crippen molar-refractivity contribution in [3.05, 3.63) is 62.6 Å². The fourth-order valence-electron chi connectivity index (χ4n) is 2.78. The zero-order chi connectivity index (χ0) is 20.6. The van der Waals surface area contributed by atoms with Gasteiger partial charge in [-0.15, -0.1) is 0 Å². The second-order valence-electron chi connectivity index (χ2n) is 6.25. The van der Waals surface area contributed by atoms with Crippen LogP contribution < -0.4 is 16.6 Å². The summed E-state index contributed by atoms with van der Waals surface area (Å²) in [4.78, 5) is 31.4. The number of hydrogen-bond acceptors (Lipinski definition) is 5. The molecule has 2 aromatic heterocycles. The average Bonchev–Trinajstić information content (AvgIpc) is 2.67. The number of carbonyl (C=O) groups is 1. The maximum atomic E-state index is 13.9. The molecule has 0 aliphatic carbocycles. The summed E-state index contributed by atoms with van der Waals surface area (Å²) in [6.45, 7) is 1.76. The fourth-order valence-corrected chi connectivity index (χ4v) is 3.28. The molecule has 0 saturated heterocycles. The van der Waals surface area contributed by atoms with Crippen LogP contribution in [0, 0.1) is 0 Å². The number of carbonyl (C=O) groups excluding carboxylic acids is 1. The largest absolute Gasteiger partial charge is 0.364 e. The first-order chi connectivity index (χ1) is 13.1. The normalized spacial score (nSPS) is 12.8. The van der Waals surface area contributed by atoms with Crippen molar-refractivity contribution in [3.8, 4) is 0 Å². The van der Waals surface area contributed by atoms with Gasteiger partial charge in [0.1, 0.15) is 17.8 Å². The van der Waals surface area contributed by atoms with Crippen molar-refractivity contribution in [3.63, 3.8) is 0 Å². The number of alkyl halides is 2. The number of aryl methyl sites for hydroxylation is 1. The third kappa shape index (κ3) is 3.47. The molecule has 0 aliphatic heterocycles. The van der Waals surface area contributed by atoms with Crippen LogP contribution in [-0.4, -0.2) is 20.4 Å². The first-order valence-electron chi connectivity index (χ1n) is 8.18. The molecule has 0 saturated carbocycles. The molecule has 10 heteroatoms. The van der Waals surface area contributed by atoms with Gasteiger partial charge in [-0.3, -0.25) is 14.2 Å². The molecule has 28 heavy (non-hydrogen) atoms. The minimum atomic E-state index is -3.76. The number of primary amides is 1. The standard InChI is InChI=1S/C18H16BrF2N5O2/c1-9(10-4-3-5-11(6-10)18(20,21)17(22)28)25-14-12-7-13(19)16(27)26(2)15(12)24-8-23-14/h3-9H,1-2H3,(H2,22,28)(H,23,24,25)/t9-/m1/s1. The summed E-state index contributed by atoms with van der Waals surface area (Å²) in [6, 6.07) is 6.61. The number of hydrogen-bond donors (Lipinski definition) is 2. The van der Waals surface area contributed by atoms with Gasteiger partial charge in [-0.25, -0.2) is 9.97 Å². The summed E-state index contributed by atoms with van der Waals surface area (Å²) in [5.74, 6) is -5.04. The average molecular weight is 452 g/mol. The van der Waals surface area contributed by atoms with Crippen LogP contribution in [0.2, 0.25) is 0 Å². The van der Waals surface area contributed by atoms with E-state index in [4.69, 9.17) is 5.73 Å². The molecular weight excluding hydrogens is 436 g/mol. The molecule has 3 rings (SSSR count). The molecule has 0 aliphatic rings. The van der Waals surface area contributed by atoms with Gasteiger partial charge in [0, 0.05) is 18.7 Å². The third-order valence-electron chi connectivity index (χ3n) is 4.37.